The molecular weight excluding hydrogens is 599 g/mol. The summed E-state index contributed by atoms with van der Waals surface area (Å²) in [5.74, 6) is -0.223. The van der Waals surface area contributed by atoms with Gasteiger partial charge in [0.25, 0.3) is 0 Å². The van der Waals surface area contributed by atoms with Crippen LogP contribution in [0, 0.1) is 11.9 Å². The number of hydrogen-bond donors (Lipinski definition) is 0. The van der Waals surface area contributed by atoms with E-state index in [1.165, 1.54) is 54.3 Å². The van der Waals surface area contributed by atoms with Crippen molar-refractivity contribution in [3.8, 4) is 0 Å². The topological polar surface area (TPSA) is 14.1 Å². The molecule has 1 nitrogen and oxygen atoms in total. The molecule has 1 radical (unpaired) electrons. The molecule has 3 atom stereocenters. The maximum Gasteiger partial charge on any atom is 0.00872 e. The Morgan fingerprint density at radius 2 is 1.45 bits per heavy atom. The molecule has 1 aliphatic heterocycles. The first-order chi connectivity index (χ1) is 14.8. The fourth-order valence-electron chi connectivity index (χ4n) is 3.33. The van der Waals surface area contributed by atoms with Gasteiger partial charge in [-0.2, -0.15) is 17.7 Å². The third-order valence-electron chi connectivity index (χ3n) is 4.95. The van der Waals surface area contributed by atoms with Crippen LogP contribution in [0.1, 0.15) is 37.3 Å². The summed E-state index contributed by atoms with van der Waals surface area (Å²) in [5, 5.41) is 7.47. The van der Waals surface area contributed by atoms with Crippen LogP contribution in [0.3, 0.4) is 0 Å². The summed E-state index contributed by atoms with van der Waals surface area (Å²) in [6.07, 6.45) is 7.52. The van der Waals surface area contributed by atoms with E-state index < -0.39 is 0 Å². The Labute approximate surface area is 203 Å². The summed E-state index contributed by atoms with van der Waals surface area (Å²) in [7, 11) is 1.95. The summed E-state index contributed by atoms with van der Waals surface area (Å²) < 4.78 is 12.6. The van der Waals surface area contributed by atoms with Crippen LogP contribution in [0.15, 0.2) is 78.9 Å². The fraction of sp³-hybridized carbons (Fsp3) is 0.308. The van der Waals surface area contributed by atoms with Crippen LogP contribution in [0.5, 0.6) is 0 Å². The molecule has 0 spiro atoms. The van der Waals surface area contributed by atoms with Gasteiger partial charge in [0, 0.05) is 25.9 Å². The molecule has 31 heavy (non-hydrogen) atoms. The van der Waals surface area contributed by atoms with E-state index in [9.17, 15) is 4.39 Å². The number of benzene rings is 3. The van der Waals surface area contributed by atoms with Crippen molar-refractivity contribution in [3.05, 3.63) is 102 Å². The fourth-order valence-corrected chi connectivity index (χ4v) is 5.83. The van der Waals surface area contributed by atoms with Crippen molar-refractivity contribution >= 4 is 27.8 Å². The summed E-state index contributed by atoms with van der Waals surface area (Å²) >= 11 is 0. The summed E-state index contributed by atoms with van der Waals surface area (Å²) in [6, 6.07) is 29.5. The quantitative estimate of drug-likeness (QED) is 0.159. The van der Waals surface area contributed by atoms with Crippen LogP contribution in [-0.4, -0.2) is 18.9 Å². The smallest absolute Gasteiger partial charge is 0.00872 e. The second-order valence-corrected chi connectivity index (χ2v) is 10.2. The minimum atomic E-state index is -0.223. The van der Waals surface area contributed by atoms with E-state index in [0.29, 0.717) is 0 Å². The first-order valence-electron chi connectivity index (χ1n) is 10.7. The first kappa shape index (κ1) is 26.3. The van der Waals surface area contributed by atoms with E-state index in [-0.39, 0.29) is 32.0 Å². The van der Waals surface area contributed by atoms with E-state index in [2.05, 4.69) is 72.0 Å². The zero-order valence-corrected chi connectivity index (χ0v) is 22.1. The van der Waals surface area contributed by atoms with E-state index >= 15 is 0 Å². The monoisotopic (exact) mass is 630 g/mol. The van der Waals surface area contributed by atoms with Crippen molar-refractivity contribution in [2.24, 2.45) is 0 Å². The van der Waals surface area contributed by atoms with Gasteiger partial charge in [-0.15, -0.1) is 24.7 Å². The molecule has 1 aliphatic rings. The Morgan fingerprint density at radius 1 is 0.839 bits per heavy atom. The van der Waals surface area contributed by atoms with Gasteiger partial charge < -0.3 is 5.32 Å². The molecule has 0 N–H and O–H groups in total. The third kappa shape index (κ3) is 10.5. The molecule has 0 bridgehead atoms. The maximum absolute atomic E-state index is 12.6. The molecule has 1 saturated heterocycles. The van der Waals surface area contributed by atoms with Gasteiger partial charge >= 0.3 is 0 Å². The molecule has 0 amide bonds. The zero-order chi connectivity index (χ0) is 20.9. The molecule has 167 valence electrons. The summed E-state index contributed by atoms with van der Waals surface area (Å²) in [4.78, 5) is 0. The van der Waals surface area contributed by atoms with Crippen molar-refractivity contribution in [1.29, 1.82) is 0 Å². The molecule has 1 fully saturated rings. The molecule has 1 heterocycles. The number of halogens is 1. The Bertz CT molecular complexity index is 784. The van der Waals surface area contributed by atoms with Crippen LogP contribution in [0.25, 0.3) is 5.32 Å². The van der Waals surface area contributed by atoms with Crippen molar-refractivity contribution in [3.63, 3.8) is 0 Å². The van der Waals surface area contributed by atoms with Crippen LogP contribution >= 0.6 is 17.2 Å². The zero-order valence-electron chi connectivity index (χ0n) is 17.7. The Balaban J connectivity index is 0.000000220. The van der Waals surface area contributed by atoms with E-state index in [1.54, 1.807) is 6.07 Å². The Morgan fingerprint density at radius 3 is 1.94 bits per heavy atom. The summed E-state index contributed by atoms with van der Waals surface area (Å²) in [6.45, 7) is 0.940. The van der Waals surface area contributed by atoms with Crippen molar-refractivity contribution in [2.75, 3.05) is 18.9 Å². The molecule has 0 saturated carbocycles. The van der Waals surface area contributed by atoms with Gasteiger partial charge in [-0.25, -0.2) is 0 Å². The minimum Gasteiger partial charge on any atom is -0.657 e. The molecule has 3 unspecified atom stereocenters. The standard InChI is InChI=1S/C15H18P2.C11H12FN.Ir/c1-3-8-14(9-4-1)16-12-7-13-17-15-10-5-2-6-11-15;12-10-6-4-9(5-7-10)11-3-1-2-8-13-11;/h1-6,8-11,16-17H,7,12-13H2;4,6-7,11H,1-3,8H2;/q;-2;. The van der Waals surface area contributed by atoms with Gasteiger partial charge in [0.15, 0.2) is 0 Å². The van der Waals surface area contributed by atoms with E-state index in [4.69, 9.17) is 0 Å². The Kier molecular flexibility index (Phi) is 13.4. The predicted molar refractivity (Wildman–Crippen MR) is 133 cm³/mol. The van der Waals surface area contributed by atoms with Crippen molar-refractivity contribution < 1.29 is 24.5 Å². The maximum atomic E-state index is 12.6. The minimum absolute atomic E-state index is 0. The average molecular weight is 630 g/mol. The predicted octanol–water partition coefficient (Wildman–Crippen LogP) is 6.61. The number of hydrogen-bond acceptors (Lipinski definition) is 0. The SMILES string of the molecule is Fc1c[c-]c(C2CCCC[N-]2)cc1.[Ir].c1ccc(PCCCPc2ccccc2)cc1. The molecule has 5 heteroatoms. The van der Waals surface area contributed by atoms with Gasteiger partial charge in [0.2, 0.25) is 0 Å². The van der Waals surface area contributed by atoms with Gasteiger partial charge in [0.1, 0.15) is 0 Å². The van der Waals surface area contributed by atoms with Crippen LogP contribution in [-0.2, 0) is 20.1 Å². The normalized spacial score (nSPS) is 16.1. The average Bonchev–Trinajstić information content (AvgIpc) is 2.82. The summed E-state index contributed by atoms with van der Waals surface area (Å²) in [5.41, 5.74) is 1.03. The molecule has 3 aromatic rings. The largest absolute Gasteiger partial charge is 0.657 e. The van der Waals surface area contributed by atoms with E-state index in [1.807, 2.05) is 0 Å². The molecule has 3 aromatic carbocycles. The van der Waals surface area contributed by atoms with Gasteiger partial charge in [-0.3, -0.25) is 4.39 Å². The van der Waals surface area contributed by atoms with Gasteiger partial charge in [-0.05, 0) is 29.4 Å². The molecule has 0 aromatic heterocycles. The Hall–Kier alpha value is -0.941. The number of piperidine rings is 1. The van der Waals surface area contributed by atoms with Gasteiger partial charge in [0.05, 0.1) is 0 Å². The molecular formula is C26H30FIrNP2-2. The van der Waals surface area contributed by atoms with Crippen molar-refractivity contribution in [2.45, 2.75) is 31.7 Å². The third-order valence-corrected chi connectivity index (χ3v) is 7.64. The van der Waals surface area contributed by atoms with Crippen LogP contribution in [0.2, 0.25) is 0 Å². The number of rotatable bonds is 7. The second-order valence-electron chi connectivity index (χ2n) is 7.32. The van der Waals surface area contributed by atoms with E-state index in [0.717, 1.165) is 35.7 Å². The first-order valence-corrected chi connectivity index (χ1v) is 13.1. The molecule has 4 rings (SSSR count). The molecule has 0 aliphatic carbocycles. The van der Waals surface area contributed by atoms with Crippen LogP contribution in [0.4, 0.5) is 4.39 Å². The van der Waals surface area contributed by atoms with Crippen LogP contribution < -0.4 is 10.6 Å². The second kappa shape index (κ2) is 15.8. The van der Waals surface area contributed by atoms with Gasteiger partial charge in [-0.1, -0.05) is 97.1 Å². The number of nitrogens with zero attached hydrogens (tertiary/aromatic N) is 1. The van der Waals surface area contributed by atoms with Crippen molar-refractivity contribution in [1.82, 2.24) is 0 Å².